The van der Waals surface area contributed by atoms with Crippen LogP contribution in [-0.2, 0) is 0 Å². The number of fused-ring (bicyclic) bond motifs is 14. The summed E-state index contributed by atoms with van der Waals surface area (Å²) < 4.78 is 20.8. The van der Waals surface area contributed by atoms with Crippen molar-refractivity contribution in [3.8, 4) is 34.5 Å². The van der Waals surface area contributed by atoms with Gasteiger partial charge in [0.05, 0.1) is 0 Å². The van der Waals surface area contributed by atoms with Gasteiger partial charge in [-0.3, -0.25) is 0 Å². The third kappa shape index (κ3) is 3.56. The van der Waals surface area contributed by atoms with Crippen LogP contribution in [0, 0.1) is 0 Å². The largest absolute Gasteiger partial charge is 0.458 e. The molecule has 0 fully saturated rings. The van der Waals surface area contributed by atoms with Gasteiger partial charge in [-0.05, 0) is 97.7 Å². The van der Waals surface area contributed by atoms with Crippen LogP contribution in [0.3, 0.4) is 0 Å². The van der Waals surface area contributed by atoms with Crippen LogP contribution in [0.25, 0.3) is 0 Å². The summed E-state index contributed by atoms with van der Waals surface area (Å²) in [6.07, 6.45) is 0. The van der Waals surface area contributed by atoms with Gasteiger partial charge in [-0.15, -0.1) is 0 Å². The first-order valence-electron chi connectivity index (χ1n) is 19.4. The van der Waals surface area contributed by atoms with Crippen LogP contribution in [0.2, 0.25) is 0 Å². The molecule has 6 heterocycles. The summed E-state index contributed by atoms with van der Waals surface area (Å²) in [6.45, 7) is -0.0513. The molecule has 0 atom stereocenters. The van der Waals surface area contributed by atoms with E-state index in [1.165, 1.54) is 66.2 Å². The Labute approximate surface area is 324 Å². The van der Waals surface area contributed by atoms with Crippen molar-refractivity contribution in [3.05, 3.63) is 164 Å². The molecule has 8 heteroatoms. The first-order chi connectivity index (χ1) is 27.8. The van der Waals surface area contributed by atoms with Gasteiger partial charge < -0.3 is 24.0 Å². The van der Waals surface area contributed by atoms with Crippen LogP contribution in [0.4, 0.5) is 34.1 Å². The predicted octanol–water partition coefficient (Wildman–Crippen LogP) is 5.43. The van der Waals surface area contributed by atoms with Crippen LogP contribution < -0.4 is 73.2 Å². The van der Waals surface area contributed by atoms with Crippen molar-refractivity contribution in [1.29, 1.82) is 0 Å². The van der Waals surface area contributed by atoms with E-state index in [1.54, 1.807) is 0 Å². The van der Waals surface area contributed by atoms with Gasteiger partial charge in [0.25, 0.3) is 20.1 Å². The van der Waals surface area contributed by atoms with Crippen molar-refractivity contribution in [2.75, 3.05) is 9.80 Å². The summed E-state index contributed by atoms with van der Waals surface area (Å²) in [7, 11) is 0. The third-order valence-electron chi connectivity index (χ3n) is 12.8. The number of nitrogens with zero attached hydrogens (tertiary/aromatic N) is 2. The quantitative estimate of drug-likeness (QED) is 0.212. The lowest BCUT2D eigenvalue weighted by molar-refractivity contribution is 0.466. The van der Waals surface area contributed by atoms with Gasteiger partial charge in [-0.2, -0.15) is 0 Å². The molecule has 6 aliphatic heterocycles. The maximum Gasteiger partial charge on any atom is 0.256 e. The van der Waals surface area contributed by atoms with E-state index in [9.17, 15) is 0 Å². The number of ether oxygens (including phenoxy) is 3. The number of para-hydroxylation sites is 5. The minimum atomic E-state index is -0.0632. The summed E-state index contributed by atoms with van der Waals surface area (Å²) in [5.41, 5.74) is 17.8. The Balaban J connectivity index is 1.08. The molecule has 14 rings (SSSR count). The molecule has 0 aromatic heterocycles. The van der Waals surface area contributed by atoms with Crippen LogP contribution in [0.1, 0.15) is 0 Å². The van der Waals surface area contributed by atoms with E-state index in [0.29, 0.717) is 0 Å². The van der Waals surface area contributed by atoms with Crippen LogP contribution in [0.5, 0.6) is 34.5 Å². The van der Waals surface area contributed by atoms with Crippen molar-refractivity contribution in [2.24, 2.45) is 0 Å². The van der Waals surface area contributed by atoms with Crippen LogP contribution >= 0.6 is 0 Å². The number of hydrogen-bond acceptors (Lipinski definition) is 5. The average molecular weight is 712 g/mol. The first kappa shape index (κ1) is 29.3. The topological polar surface area (TPSA) is 34.2 Å². The molecule has 256 valence electrons. The highest BCUT2D eigenvalue weighted by Gasteiger charge is 2.51. The van der Waals surface area contributed by atoms with Gasteiger partial charge >= 0.3 is 0 Å². The monoisotopic (exact) mass is 712 g/mol. The smallest absolute Gasteiger partial charge is 0.256 e. The molecule has 0 saturated carbocycles. The van der Waals surface area contributed by atoms with E-state index in [-0.39, 0.29) is 20.1 Å². The third-order valence-corrected chi connectivity index (χ3v) is 12.8. The molecule has 8 aromatic carbocycles. The molecular formula is C48H27B3N2O3. The van der Waals surface area contributed by atoms with Crippen molar-refractivity contribution >= 4 is 103 Å². The molecule has 5 nitrogen and oxygen atoms in total. The summed E-state index contributed by atoms with van der Waals surface area (Å²) in [5.74, 6) is 5.26. The minimum Gasteiger partial charge on any atom is -0.458 e. The zero-order chi connectivity index (χ0) is 36.2. The van der Waals surface area contributed by atoms with Gasteiger partial charge in [-0.25, -0.2) is 0 Å². The average Bonchev–Trinajstić information content (AvgIpc) is 3.25. The maximum absolute atomic E-state index is 7.25. The van der Waals surface area contributed by atoms with Crippen LogP contribution in [-0.4, -0.2) is 20.1 Å². The SMILES string of the molecule is c1ccc(N2c3cc4c(cc3B3c5ccccc5Oc5cccc2c53)B2c3ccccc3N3c5ccccc5B5c6ccccc6Oc6cc(c2c3c65)O4)cc1. The number of hydrogen-bond donors (Lipinski definition) is 0. The summed E-state index contributed by atoms with van der Waals surface area (Å²) in [5, 5.41) is 0. The Hall–Kier alpha value is -7.05. The second-order valence-corrected chi connectivity index (χ2v) is 15.5. The van der Waals surface area contributed by atoms with Crippen LogP contribution in [0.15, 0.2) is 164 Å². The van der Waals surface area contributed by atoms with Gasteiger partial charge in [0.2, 0.25) is 0 Å². The van der Waals surface area contributed by atoms with Crippen molar-refractivity contribution < 1.29 is 14.2 Å². The Morgan fingerprint density at radius 3 is 1.52 bits per heavy atom. The zero-order valence-corrected chi connectivity index (χ0v) is 29.9. The maximum atomic E-state index is 7.25. The Morgan fingerprint density at radius 1 is 0.304 bits per heavy atom. The van der Waals surface area contributed by atoms with Crippen molar-refractivity contribution in [2.45, 2.75) is 0 Å². The molecule has 0 spiro atoms. The highest BCUT2D eigenvalue weighted by Crippen LogP contribution is 2.47. The molecule has 56 heavy (non-hydrogen) atoms. The Kier molecular flexibility index (Phi) is 5.43. The van der Waals surface area contributed by atoms with Gasteiger partial charge in [-0.1, -0.05) is 103 Å². The lowest BCUT2D eigenvalue weighted by Crippen LogP contribution is -2.67. The minimum absolute atomic E-state index is 0.0220. The van der Waals surface area contributed by atoms with Crippen molar-refractivity contribution in [1.82, 2.24) is 0 Å². The molecule has 0 N–H and O–H groups in total. The first-order valence-corrected chi connectivity index (χ1v) is 19.4. The summed E-state index contributed by atoms with van der Waals surface area (Å²) in [6, 6.07) is 58.9. The van der Waals surface area contributed by atoms with E-state index in [0.717, 1.165) is 51.6 Å². The molecule has 0 saturated heterocycles. The molecule has 0 bridgehead atoms. The van der Waals surface area contributed by atoms with E-state index in [4.69, 9.17) is 14.2 Å². The highest BCUT2D eigenvalue weighted by molar-refractivity contribution is 7.04. The Morgan fingerprint density at radius 2 is 0.821 bits per heavy atom. The Bertz CT molecular complexity index is 3080. The molecule has 0 aliphatic carbocycles. The standard InChI is InChI=1S/C48H27B3N2O3/c1-2-13-28(14-3-1)52-37-21-12-24-41-45(37)51(32-18-7-10-22-39(32)54-41)33-25-34-42(26-38(33)52)56-44-27-43-46-48-47(44)50(34)30-16-5-9-20-36(30)53(48)35-19-8-4-15-29(35)49(46)31-17-6-11-23-40(31)55-43/h1-27H. The van der Waals surface area contributed by atoms with E-state index in [1.807, 2.05) is 0 Å². The van der Waals surface area contributed by atoms with Gasteiger partial charge in [0, 0.05) is 46.3 Å². The molecule has 8 aromatic rings. The second-order valence-electron chi connectivity index (χ2n) is 15.5. The molecule has 0 radical (unpaired) electrons. The molecular weight excluding hydrogens is 685 g/mol. The predicted molar refractivity (Wildman–Crippen MR) is 229 cm³/mol. The fourth-order valence-electron chi connectivity index (χ4n) is 10.7. The van der Waals surface area contributed by atoms with E-state index < -0.39 is 0 Å². The fourth-order valence-corrected chi connectivity index (χ4v) is 10.7. The number of rotatable bonds is 1. The van der Waals surface area contributed by atoms with Gasteiger partial charge in [0.1, 0.15) is 34.5 Å². The normalized spacial score (nSPS) is 14.7. The van der Waals surface area contributed by atoms with E-state index >= 15 is 0 Å². The molecule has 0 amide bonds. The highest BCUT2D eigenvalue weighted by atomic mass is 16.5. The second kappa shape index (κ2) is 10.4. The molecule has 6 aliphatic rings. The summed E-state index contributed by atoms with van der Waals surface area (Å²) >= 11 is 0. The zero-order valence-electron chi connectivity index (χ0n) is 29.9. The van der Waals surface area contributed by atoms with E-state index in [2.05, 4.69) is 174 Å². The van der Waals surface area contributed by atoms with Crippen molar-refractivity contribution in [3.63, 3.8) is 0 Å². The summed E-state index contributed by atoms with van der Waals surface area (Å²) in [4.78, 5) is 4.86. The fraction of sp³-hybridized carbons (Fsp3) is 0. The molecule has 0 unspecified atom stereocenters. The lowest BCUT2D eigenvalue weighted by Gasteiger charge is -2.47. The van der Waals surface area contributed by atoms with Gasteiger partial charge in [0.15, 0.2) is 0 Å². The number of benzene rings is 8. The number of anilines is 6. The lowest BCUT2D eigenvalue weighted by atomic mass is 9.28.